The smallest absolute Gasteiger partial charge is 0.872 e. The number of ether oxygens (including phenoxy) is 2. The molecule has 0 spiro atoms. The molecule has 0 saturated carbocycles. The minimum Gasteiger partial charge on any atom is -0.872 e. The zero-order chi connectivity index (χ0) is 30.3. The van der Waals surface area contributed by atoms with E-state index in [0.717, 1.165) is 48.4 Å². The number of aliphatic imine (C=N–C) groups is 2. The molecule has 4 rings (SSSR count). The van der Waals surface area contributed by atoms with Gasteiger partial charge in [0.05, 0.1) is 39.5 Å². The van der Waals surface area contributed by atoms with E-state index in [-0.39, 0.29) is 38.8 Å². The fraction of sp³-hybridized carbons (Fsp3) is 0.588. The van der Waals surface area contributed by atoms with Gasteiger partial charge in [-0.3, -0.25) is 19.8 Å². The summed E-state index contributed by atoms with van der Waals surface area (Å²) in [6.07, 6.45) is 3.38. The quantitative estimate of drug-likeness (QED) is 0.238. The minimum atomic E-state index is -0.0847. The molecule has 9 heteroatoms. The summed E-state index contributed by atoms with van der Waals surface area (Å²) in [7, 11) is 0. The molecule has 2 aliphatic rings. The van der Waals surface area contributed by atoms with Crippen molar-refractivity contribution in [3.63, 3.8) is 0 Å². The molecule has 0 aromatic heterocycles. The van der Waals surface area contributed by atoms with Gasteiger partial charge in [0.15, 0.2) is 0 Å². The third-order valence-electron chi connectivity index (χ3n) is 7.94. The van der Waals surface area contributed by atoms with Gasteiger partial charge in [0.2, 0.25) is 0 Å². The van der Waals surface area contributed by atoms with Crippen LogP contribution < -0.4 is 10.2 Å². The van der Waals surface area contributed by atoms with Gasteiger partial charge >= 0.3 is 16.5 Å². The van der Waals surface area contributed by atoms with E-state index in [4.69, 9.17) is 9.47 Å². The monoisotopic (exact) mass is 634 g/mol. The van der Waals surface area contributed by atoms with Crippen molar-refractivity contribution in [3.8, 4) is 11.5 Å². The Morgan fingerprint density at radius 3 is 1.33 bits per heavy atom. The maximum atomic E-state index is 13.3. The van der Waals surface area contributed by atoms with Crippen molar-refractivity contribution in [2.75, 3.05) is 65.7 Å². The first kappa shape index (κ1) is 35.2. The van der Waals surface area contributed by atoms with Crippen LogP contribution in [0.15, 0.2) is 34.3 Å². The first-order valence-corrected chi connectivity index (χ1v) is 15.2. The minimum absolute atomic E-state index is 0. The zero-order valence-corrected chi connectivity index (χ0v) is 27.7. The van der Waals surface area contributed by atoms with Crippen LogP contribution in [0.5, 0.6) is 11.5 Å². The van der Waals surface area contributed by atoms with Crippen molar-refractivity contribution in [2.45, 2.75) is 65.5 Å². The van der Waals surface area contributed by atoms with Crippen molar-refractivity contribution in [1.82, 2.24) is 9.80 Å². The molecule has 2 heterocycles. The van der Waals surface area contributed by atoms with Crippen molar-refractivity contribution < 1.29 is 36.2 Å². The van der Waals surface area contributed by atoms with E-state index >= 15 is 0 Å². The van der Waals surface area contributed by atoms with Gasteiger partial charge in [-0.25, -0.2) is 0 Å². The molecule has 2 aromatic carbocycles. The second kappa shape index (κ2) is 15.6. The summed E-state index contributed by atoms with van der Waals surface area (Å²) < 4.78 is 10.9. The van der Waals surface area contributed by atoms with Crippen LogP contribution in [0.25, 0.3) is 0 Å². The summed E-state index contributed by atoms with van der Waals surface area (Å²) in [5.41, 5.74) is 4.91. The molecule has 43 heavy (non-hydrogen) atoms. The van der Waals surface area contributed by atoms with Crippen molar-refractivity contribution >= 4 is 12.4 Å². The summed E-state index contributed by atoms with van der Waals surface area (Å²) in [5, 5.41) is 26.7. The average Bonchev–Trinajstić information content (AvgIpc) is 2.94. The van der Waals surface area contributed by atoms with Crippen molar-refractivity contribution in [2.24, 2.45) is 9.98 Å². The Labute approximate surface area is 268 Å². The van der Waals surface area contributed by atoms with E-state index in [2.05, 4.69) is 73.5 Å². The Morgan fingerprint density at radius 2 is 1.00 bits per heavy atom. The molecule has 0 atom stereocenters. The molecular weight excluding hydrogens is 587 g/mol. The van der Waals surface area contributed by atoms with Crippen LogP contribution in [-0.2, 0) is 49.9 Å². The number of rotatable bonds is 9. The number of morpholine rings is 2. The van der Waals surface area contributed by atoms with E-state index in [1.165, 1.54) is 0 Å². The Kier molecular flexibility index (Phi) is 12.8. The van der Waals surface area contributed by atoms with Gasteiger partial charge in [0.1, 0.15) is 0 Å². The molecule has 8 nitrogen and oxygen atoms in total. The number of hydrogen-bond donors (Lipinski definition) is 0. The first-order chi connectivity index (χ1) is 19.9. The molecule has 0 aliphatic carbocycles. The fourth-order valence-corrected chi connectivity index (χ4v) is 5.16. The number of hydrogen-bond acceptors (Lipinski definition) is 8. The van der Waals surface area contributed by atoms with Crippen LogP contribution in [0, 0.1) is 0 Å². The van der Waals surface area contributed by atoms with Gasteiger partial charge in [0.25, 0.3) is 0 Å². The van der Waals surface area contributed by atoms with Gasteiger partial charge in [-0.05, 0) is 44.2 Å². The predicted octanol–water partition coefficient (Wildman–Crippen LogP) is 3.63. The molecule has 0 bridgehead atoms. The second-order valence-electron chi connectivity index (χ2n) is 13.5. The van der Waals surface area contributed by atoms with Crippen LogP contribution in [-0.4, -0.2) is 87.9 Å². The summed E-state index contributed by atoms with van der Waals surface area (Å²) in [6.45, 7) is 21.2. The van der Waals surface area contributed by atoms with Crippen LogP contribution in [0.1, 0.15) is 74.9 Å². The largest absolute Gasteiger partial charge is 2.00 e. The van der Waals surface area contributed by atoms with E-state index in [1.807, 2.05) is 12.1 Å². The first-order valence-electron chi connectivity index (χ1n) is 15.2. The predicted molar refractivity (Wildman–Crippen MR) is 166 cm³/mol. The number of nitrogens with zero attached hydrogens (tertiary/aromatic N) is 4. The van der Waals surface area contributed by atoms with Crippen LogP contribution in [0.3, 0.4) is 0 Å². The zero-order valence-electron chi connectivity index (χ0n) is 26.7. The van der Waals surface area contributed by atoms with E-state index in [9.17, 15) is 10.2 Å². The van der Waals surface area contributed by atoms with Gasteiger partial charge in [-0.2, -0.15) is 0 Å². The van der Waals surface area contributed by atoms with Crippen LogP contribution >= 0.6 is 0 Å². The van der Waals surface area contributed by atoms with Crippen molar-refractivity contribution in [1.29, 1.82) is 0 Å². The SMILES string of the molecule is CC(C)(C)c1cc(C=NCCN=Cc2cc(C(C)(C)C)cc(CN3CCOCC3)c2[O-])c([O-])c(CN2CCOCC2)c1.[Ni+2]. The third kappa shape index (κ3) is 10.1. The van der Waals surface area contributed by atoms with Gasteiger partial charge in [0, 0.05) is 51.7 Å². The molecule has 0 radical (unpaired) electrons. The topological polar surface area (TPSA) is 95.8 Å². The molecule has 0 amide bonds. The summed E-state index contributed by atoms with van der Waals surface area (Å²) in [4.78, 5) is 13.6. The van der Waals surface area contributed by atoms with Crippen LogP contribution in [0.2, 0.25) is 0 Å². The Hall–Kier alpha value is -2.29. The van der Waals surface area contributed by atoms with Gasteiger partial charge in [-0.1, -0.05) is 77.3 Å². The normalized spacial score (nSPS) is 17.5. The molecule has 2 saturated heterocycles. The molecular formula is C34H48N4NiO4. The van der Waals surface area contributed by atoms with Crippen LogP contribution in [0.4, 0.5) is 0 Å². The Bertz CT molecular complexity index is 1160. The molecule has 238 valence electrons. The molecule has 2 fully saturated rings. The van der Waals surface area contributed by atoms with Gasteiger partial charge in [-0.15, -0.1) is 0 Å². The molecule has 2 aromatic rings. The molecule has 2 aliphatic heterocycles. The van der Waals surface area contributed by atoms with Gasteiger partial charge < -0.3 is 19.7 Å². The second-order valence-corrected chi connectivity index (χ2v) is 13.5. The summed E-state index contributed by atoms with van der Waals surface area (Å²) in [6, 6.07) is 8.04. The van der Waals surface area contributed by atoms with Crippen molar-refractivity contribution in [3.05, 3.63) is 57.6 Å². The Balaban J connectivity index is 0.00000506. The van der Waals surface area contributed by atoms with E-state index in [1.54, 1.807) is 12.4 Å². The molecule has 0 N–H and O–H groups in total. The number of benzene rings is 2. The summed E-state index contributed by atoms with van der Waals surface area (Å²) in [5.74, 6) is 0.0639. The molecule has 0 unspecified atom stereocenters. The maximum Gasteiger partial charge on any atom is 2.00 e. The fourth-order valence-electron chi connectivity index (χ4n) is 5.16. The third-order valence-corrected chi connectivity index (χ3v) is 7.94. The summed E-state index contributed by atoms with van der Waals surface area (Å²) >= 11 is 0. The standard InChI is InChI=1S/C34H50N4O4.Ni/c1-33(2,3)29-17-25(31(39)27(19-29)23-37-9-13-41-14-10-37)21-35-7-8-36-22-26-18-30(34(4,5)6)20-28(32(26)40)24-38-11-15-42-16-12-38;/h17-22,39-40H,7-16,23-24H2,1-6H3;/q;+2/p-2. The van der Waals surface area contributed by atoms with E-state index in [0.29, 0.717) is 63.7 Å². The van der Waals surface area contributed by atoms with E-state index < -0.39 is 0 Å². The maximum absolute atomic E-state index is 13.3. The average molecular weight is 635 g/mol. The Morgan fingerprint density at radius 1 is 0.651 bits per heavy atom.